The predicted octanol–water partition coefficient (Wildman–Crippen LogP) is 2.64. The van der Waals surface area contributed by atoms with Gasteiger partial charge in [0.05, 0.1) is 6.26 Å². The van der Waals surface area contributed by atoms with E-state index in [4.69, 9.17) is 9.15 Å². The Bertz CT molecular complexity index is 180. The highest BCUT2D eigenvalue weighted by Crippen LogP contribution is 2.03. The number of rotatable bonds is 6. The molecule has 2 nitrogen and oxygen atoms in total. The third kappa shape index (κ3) is 3.58. The van der Waals surface area contributed by atoms with Gasteiger partial charge in [-0.3, -0.25) is 0 Å². The zero-order valence-electron chi connectivity index (χ0n) is 7.58. The largest absolute Gasteiger partial charge is 0.469 e. The summed E-state index contributed by atoms with van der Waals surface area (Å²) in [4.78, 5) is 0. The minimum Gasteiger partial charge on any atom is -0.469 e. The van der Waals surface area contributed by atoms with Gasteiger partial charge in [-0.2, -0.15) is 0 Å². The van der Waals surface area contributed by atoms with E-state index in [9.17, 15) is 0 Å². The summed E-state index contributed by atoms with van der Waals surface area (Å²) in [7, 11) is 0. The minimum atomic E-state index is 0.842. The van der Waals surface area contributed by atoms with Crippen molar-refractivity contribution in [2.24, 2.45) is 0 Å². The van der Waals surface area contributed by atoms with Crippen LogP contribution in [0.25, 0.3) is 0 Å². The molecular formula is C10H16O2. The molecule has 1 heterocycles. The average Bonchev–Trinajstić information content (AvgIpc) is 2.57. The molecule has 0 saturated carbocycles. The second-order valence-electron chi connectivity index (χ2n) is 2.80. The first-order chi connectivity index (χ1) is 5.93. The summed E-state index contributed by atoms with van der Waals surface area (Å²) in [5, 5.41) is 0. The van der Waals surface area contributed by atoms with Gasteiger partial charge in [0, 0.05) is 19.6 Å². The lowest BCUT2D eigenvalue weighted by atomic mass is 10.2. The van der Waals surface area contributed by atoms with Gasteiger partial charge >= 0.3 is 0 Å². The fourth-order valence-electron chi connectivity index (χ4n) is 1.05. The third-order valence-corrected chi connectivity index (χ3v) is 1.64. The van der Waals surface area contributed by atoms with Crippen molar-refractivity contribution in [3.8, 4) is 0 Å². The van der Waals surface area contributed by atoms with Gasteiger partial charge in [-0.1, -0.05) is 6.92 Å². The van der Waals surface area contributed by atoms with Gasteiger partial charge < -0.3 is 9.15 Å². The Morgan fingerprint density at radius 1 is 1.42 bits per heavy atom. The number of furan rings is 1. The van der Waals surface area contributed by atoms with Gasteiger partial charge in [-0.15, -0.1) is 0 Å². The maximum atomic E-state index is 5.34. The highest BCUT2D eigenvalue weighted by Gasteiger charge is 1.94. The maximum Gasteiger partial charge on any atom is 0.103 e. The van der Waals surface area contributed by atoms with Crippen molar-refractivity contribution in [1.29, 1.82) is 0 Å². The first kappa shape index (κ1) is 9.33. The zero-order chi connectivity index (χ0) is 8.65. The first-order valence-corrected chi connectivity index (χ1v) is 4.53. The topological polar surface area (TPSA) is 22.4 Å². The molecule has 2 heteroatoms. The third-order valence-electron chi connectivity index (χ3n) is 1.64. The van der Waals surface area contributed by atoms with E-state index in [0.29, 0.717) is 0 Å². The number of aryl methyl sites for hydroxylation is 1. The van der Waals surface area contributed by atoms with Crippen LogP contribution in [0, 0.1) is 0 Å². The van der Waals surface area contributed by atoms with Gasteiger partial charge in [0.2, 0.25) is 0 Å². The van der Waals surface area contributed by atoms with Crippen LogP contribution in [0.2, 0.25) is 0 Å². The Hall–Kier alpha value is -0.760. The highest BCUT2D eigenvalue weighted by atomic mass is 16.5. The van der Waals surface area contributed by atoms with Crippen LogP contribution < -0.4 is 0 Å². The zero-order valence-corrected chi connectivity index (χ0v) is 7.58. The van der Waals surface area contributed by atoms with Gasteiger partial charge in [-0.05, 0) is 25.0 Å². The predicted molar refractivity (Wildman–Crippen MR) is 48.1 cm³/mol. The quantitative estimate of drug-likeness (QED) is 0.609. The van der Waals surface area contributed by atoms with Crippen LogP contribution in [0.15, 0.2) is 22.8 Å². The van der Waals surface area contributed by atoms with Crippen molar-refractivity contribution in [3.63, 3.8) is 0 Å². The molecular weight excluding hydrogens is 152 g/mol. The molecule has 0 atom stereocenters. The maximum absolute atomic E-state index is 5.34. The Balaban J connectivity index is 1.96. The van der Waals surface area contributed by atoms with E-state index >= 15 is 0 Å². The van der Waals surface area contributed by atoms with Crippen molar-refractivity contribution in [3.05, 3.63) is 24.2 Å². The smallest absolute Gasteiger partial charge is 0.103 e. The molecule has 0 radical (unpaired) electrons. The standard InChI is InChI=1S/C10H16O2/c1-2-7-11-8-3-5-10-6-4-9-12-10/h4,6,9H,2-3,5,7-8H2,1H3. The number of hydrogen-bond acceptors (Lipinski definition) is 2. The lowest BCUT2D eigenvalue weighted by Gasteiger charge is -1.99. The lowest BCUT2D eigenvalue weighted by Crippen LogP contribution is -1.96. The summed E-state index contributed by atoms with van der Waals surface area (Å²) in [5.41, 5.74) is 0. The van der Waals surface area contributed by atoms with Crippen LogP contribution in [0.4, 0.5) is 0 Å². The molecule has 0 aliphatic carbocycles. The summed E-state index contributed by atoms with van der Waals surface area (Å²) in [6.07, 6.45) is 4.84. The Kier molecular flexibility index (Phi) is 4.54. The fourth-order valence-corrected chi connectivity index (χ4v) is 1.05. The molecule has 0 N–H and O–H groups in total. The van der Waals surface area contributed by atoms with Crippen molar-refractivity contribution in [1.82, 2.24) is 0 Å². The Morgan fingerprint density at radius 3 is 3.00 bits per heavy atom. The second-order valence-corrected chi connectivity index (χ2v) is 2.80. The molecule has 1 aromatic rings. The van der Waals surface area contributed by atoms with Crippen molar-refractivity contribution in [2.75, 3.05) is 13.2 Å². The Morgan fingerprint density at radius 2 is 2.33 bits per heavy atom. The van der Waals surface area contributed by atoms with Crippen molar-refractivity contribution >= 4 is 0 Å². The minimum absolute atomic E-state index is 0.842. The van der Waals surface area contributed by atoms with E-state index in [-0.39, 0.29) is 0 Å². The first-order valence-electron chi connectivity index (χ1n) is 4.53. The van der Waals surface area contributed by atoms with E-state index in [2.05, 4.69) is 6.92 Å². The summed E-state index contributed by atoms with van der Waals surface area (Å²) >= 11 is 0. The number of hydrogen-bond donors (Lipinski definition) is 0. The van der Waals surface area contributed by atoms with Gasteiger partial charge in [0.1, 0.15) is 5.76 Å². The summed E-state index contributed by atoms with van der Waals surface area (Å²) in [5.74, 6) is 1.05. The van der Waals surface area contributed by atoms with Crippen LogP contribution in [-0.2, 0) is 11.2 Å². The monoisotopic (exact) mass is 168 g/mol. The molecule has 0 aromatic carbocycles. The molecule has 0 amide bonds. The van der Waals surface area contributed by atoms with Gasteiger partial charge in [0.15, 0.2) is 0 Å². The molecule has 0 bridgehead atoms. The Labute approximate surface area is 73.5 Å². The molecule has 12 heavy (non-hydrogen) atoms. The molecule has 0 unspecified atom stereocenters. The highest BCUT2D eigenvalue weighted by molar-refractivity contribution is 4.97. The van der Waals surface area contributed by atoms with Gasteiger partial charge in [-0.25, -0.2) is 0 Å². The van der Waals surface area contributed by atoms with Crippen molar-refractivity contribution in [2.45, 2.75) is 26.2 Å². The van der Waals surface area contributed by atoms with E-state index < -0.39 is 0 Å². The molecule has 0 saturated heterocycles. The molecule has 0 aliphatic heterocycles. The number of ether oxygens (including phenoxy) is 1. The molecule has 0 aliphatic rings. The SMILES string of the molecule is CCCOCCCc1ccco1. The van der Waals surface area contributed by atoms with E-state index in [0.717, 1.165) is 38.2 Å². The van der Waals surface area contributed by atoms with Crippen LogP contribution in [0.5, 0.6) is 0 Å². The van der Waals surface area contributed by atoms with E-state index in [1.165, 1.54) is 0 Å². The second kappa shape index (κ2) is 5.84. The fraction of sp³-hybridized carbons (Fsp3) is 0.600. The van der Waals surface area contributed by atoms with E-state index in [1.807, 2.05) is 12.1 Å². The van der Waals surface area contributed by atoms with Crippen LogP contribution >= 0.6 is 0 Å². The van der Waals surface area contributed by atoms with Crippen molar-refractivity contribution < 1.29 is 9.15 Å². The van der Waals surface area contributed by atoms with E-state index in [1.54, 1.807) is 6.26 Å². The molecule has 0 spiro atoms. The summed E-state index contributed by atoms with van der Waals surface area (Å²) in [6, 6.07) is 3.92. The van der Waals surface area contributed by atoms with Crippen LogP contribution in [0.3, 0.4) is 0 Å². The summed E-state index contributed by atoms with van der Waals surface area (Å²) in [6.45, 7) is 3.83. The lowest BCUT2D eigenvalue weighted by molar-refractivity contribution is 0.131. The molecule has 0 fully saturated rings. The summed E-state index contributed by atoms with van der Waals surface area (Å²) < 4.78 is 10.5. The molecule has 1 aromatic heterocycles. The van der Waals surface area contributed by atoms with Crippen LogP contribution in [0.1, 0.15) is 25.5 Å². The van der Waals surface area contributed by atoms with Gasteiger partial charge in [0.25, 0.3) is 0 Å². The molecule has 1 rings (SSSR count). The molecule has 68 valence electrons. The average molecular weight is 168 g/mol. The van der Waals surface area contributed by atoms with Crippen LogP contribution in [-0.4, -0.2) is 13.2 Å². The normalized spacial score (nSPS) is 10.4.